The summed E-state index contributed by atoms with van der Waals surface area (Å²) in [5.74, 6) is 2.02. The predicted molar refractivity (Wildman–Crippen MR) is 203 cm³/mol. The molecular formula is C42H45BrO8. The summed E-state index contributed by atoms with van der Waals surface area (Å²) in [7, 11) is 0. The third-order valence-corrected chi connectivity index (χ3v) is 8.56. The number of halogens is 1. The van der Waals surface area contributed by atoms with Crippen molar-refractivity contribution in [1.82, 2.24) is 0 Å². The lowest BCUT2D eigenvalue weighted by atomic mass is 10.0. The van der Waals surface area contributed by atoms with Crippen LogP contribution in [0.5, 0.6) is 23.0 Å². The minimum Gasteiger partial charge on any atom is -0.490 e. The second-order valence-electron chi connectivity index (χ2n) is 12.5. The van der Waals surface area contributed by atoms with Crippen LogP contribution in [0.25, 0.3) is 21.5 Å². The Labute approximate surface area is 308 Å². The number of rotatable bonds is 18. The molecule has 0 aromatic heterocycles. The van der Waals surface area contributed by atoms with Gasteiger partial charge in [0.05, 0.1) is 0 Å². The first kappa shape index (κ1) is 37.5. The Kier molecular flexibility index (Phi) is 13.6. The zero-order chi connectivity index (χ0) is 36.2. The summed E-state index contributed by atoms with van der Waals surface area (Å²) in [6.45, 7) is 8.26. The van der Waals surface area contributed by atoms with E-state index < -0.39 is 12.2 Å². The van der Waals surface area contributed by atoms with Gasteiger partial charge in [0, 0.05) is 38.9 Å². The van der Waals surface area contributed by atoms with E-state index >= 15 is 0 Å². The summed E-state index contributed by atoms with van der Waals surface area (Å²) in [6, 6.07) is 29.2. The van der Waals surface area contributed by atoms with Crippen molar-refractivity contribution < 1.29 is 38.0 Å². The smallest absolute Gasteiger partial charge is 0.306 e. The molecule has 0 N–H and O–H groups in total. The highest BCUT2D eigenvalue weighted by atomic mass is 79.9. The van der Waals surface area contributed by atoms with Crippen LogP contribution in [0.2, 0.25) is 0 Å². The molecule has 0 amide bonds. The maximum Gasteiger partial charge on any atom is 0.306 e. The van der Waals surface area contributed by atoms with E-state index in [4.69, 9.17) is 28.4 Å². The first-order valence-electron chi connectivity index (χ1n) is 17.4. The van der Waals surface area contributed by atoms with Gasteiger partial charge in [-0.3, -0.25) is 9.59 Å². The van der Waals surface area contributed by atoms with E-state index in [0.717, 1.165) is 37.1 Å². The first-order valence-corrected chi connectivity index (χ1v) is 18.2. The molecule has 5 aromatic rings. The topological polar surface area (TPSA) is 89.5 Å². The highest BCUT2D eigenvalue weighted by Gasteiger charge is 2.23. The van der Waals surface area contributed by atoms with Gasteiger partial charge in [-0.05, 0) is 80.3 Å². The normalized spacial score (nSPS) is 12.3. The molecule has 0 spiro atoms. The molecule has 0 radical (unpaired) electrons. The molecule has 5 aromatic carbocycles. The van der Waals surface area contributed by atoms with Crippen molar-refractivity contribution in [2.24, 2.45) is 0 Å². The molecule has 9 heteroatoms. The molecule has 0 fully saturated rings. The van der Waals surface area contributed by atoms with E-state index in [2.05, 4.69) is 15.9 Å². The molecule has 0 saturated carbocycles. The van der Waals surface area contributed by atoms with Gasteiger partial charge in [-0.2, -0.15) is 0 Å². The van der Waals surface area contributed by atoms with Crippen molar-refractivity contribution in [3.8, 4) is 23.0 Å². The van der Waals surface area contributed by atoms with E-state index in [1.54, 1.807) is 0 Å². The van der Waals surface area contributed by atoms with Crippen LogP contribution in [-0.2, 0) is 19.1 Å². The quantitative estimate of drug-likeness (QED) is 0.0645. The van der Waals surface area contributed by atoms with Crippen molar-refractivity contribution in [2.45, 2.75) is 65.6 Å². The largest absolute Gasteiger partial charge is 0.490 e. The van der Waals surface area contributed by atoms with Crippen molar-refractivity contribution >= 4 is 49.4 Å². The fourth-order valence-electron chi connectivity index (χ4n) is 5.65. The Bertz CT molecular complexity index is 1940. The zero-order valence-electron chi connectivity index (χ0n) is 29.6. The van der Waals surface area contributed by atoms with Crippen LogP contribution in [0, 0.1) is 13.8 Å². The van der Waals surface area contributed by atoms with E-state index in [-0.39, 0.29) is 38.4 Å². The van der Waals surface area contributed by atoms with Crippen molar-refractivity contribution in [3.63, 3.8) is 0 Å². The van der Waals surface area contributed by atoms with Crippen LogP contribution in [0.1, 0.15) is 50.7 Å². The maximum atomic E-state index is 12.6. The molecule has 0 aliphatic heterocycles. The standard InChI is InChI=1S/C42H45BrO8/c1-5-11-39(44)50-33(24-46-31-15-9-13-28(3)21-31)26-48-41-35-17-7-8-18-36(35)42(38-23-30(43)19-20-37(38)41)49-27-34(51-40(45)12-6-2)25-47-32-16-10-14-29(4)22-32/h7-10,13-23,33-34H,5-6,11-12,24-27H2,1-4H3. The lowest BCUT2D eigenvalue weighted by Gasteiger charge is -2.23. The summed E-state index contributed by atoms with van der Waals surface area (Å²) in [5, 5.41) is 3.23. The number of carbonyl (C=O) groups is 2. The van der Waals surface area contributed by atoms with Crippen LogP contribution in [-0.4, -0.2) is 50.6 Å². The Balaban J connectivity index is 1.43. The van der Waals surface area contributed by atoms with Gasteiger partial charge in [0.25, 0.3) is 0 Å². The molecule has 8 nitrogen and oxygen atoms in total. The van der Waals surface area contributed by atoms with Crippen molar-refractivity contribution in [3.05, 3.63) is 107 Å². The van der Waals surface area contributed by atoms with Gasteiger partial charge >= 0.3 is 11.9 Å². The van der Waals surface area contributed by atoms with Gasteiger partial charge in [-0.15, -0.1) is 0 Å². The van der Waals surface area contributed by atoms with E-state index in [1.807, 2.05) is 119 Å². The Hall–Kier alpha value is -4.76. The molecule has 0 bridgehead atoms. The number of benzene rings is 5. The molecule has 2 unspecified atom stereocenters. The number of hydrogen-bond acceptors (Lipinski definition) is 8. The summed E-state index contributed by atoms with van der Waals surface area (Å²) < 4.78 is 37.8. The third kappa shape index (κ3) is 10.6. The number of hydrogen-bond donors (Lipinski definition) is 0. The second-order valence-corrected chi connectivity index (χ2v) is 13.4. The molecular weight excluding hydrogens is 712 g/mol. The summed E-state index contributed by atoms with van der Waals surface area (Å²) >= 11 is 3.63. The van der Waals surface area contributed by atoms with Gasteiger partial charge in [-0.25, -0.2) is 0 Å². The van der Waals surface area contributed by atoms with E-state index in [9.17, 15) is 9.59 Å². The average Bonchev–Trinajstić information content (AvgIpc) is 3.11. The zero-order valence-corrected chi connectivity index (χ0v) is 31.2. The third-order valence-electron chi connectivity index (χ3n) is 8.07. The second kappa shape index (κ2) is 18.5. The van der Waals surface area contributed by atoms with Crippen LogP contribution < -0.4 is 18.9 Å². The van der Waals surface area contributed by atoms with E-state index in [1.165, 1.54) is 0 Å². The molecule has 0 aliphatic rings. The van der Waals surface area contributed by atoms with Crippen LogP contribution in [0.15, 0.2) is 95.5 Å². The Morgan fingerprint density at radius 2 is 1.00 bits per heavy atom. The molecule has 51 heavy (non-hydrogen) atoms. The lowest BCUT2D eigenvalue weighted by molar-refractivity contribution is -0.153. The number of esters is 2. The molecule has 5 rings (SSSR count). The average molecular weight is 758 g/mol. The minimum absolute atomic E-state index is 0.0683. The first-order chi connectivity index (χ1) is 24.7. The number of fused-ring (bicyclic) bond motifs is 2. The van der Waals surface area contributed by atoms with Crippen LogP contribution >= 0.6 is 15.9 Å². The number of aryl methyl sites for hydroxylation is 2. The van der Waals surface area contributed by atoms with Crippen molar-refractivity contribution in [2.75, 3.05) is 26.4 Å². The number of carbonyl (C=O) groups excluding carboxylic acids is 2. The molecule has 0 heterocycles. The number of ether oxygens (including phenoxy) is 6. The molecule has 0 saturated heterocycles. The lowest BCUT2D eigenvalue weighted by Crippen LogP contribution is -2.31. The predicted octanol–water partition coefficient (Wildman–Crippen LogP) is 9.71. The van der Waals surface area contributed by atoms with Gasteiger partial charge in [0.2, 0.25) is 0 Å². The minimum atomic E-state index is -0.659. The molecule has 0 aliphatic carbocycles. The van der Waals surface area contributed by atoms with E-state index in [0.29, 0.717) is 48.7 Å². The van der Waals surface area contributed by atoms with Crippen molar-refractivity contribution in [1.29, 1.82) is 0 Å². The SMILES string of the molecule is CCCC(=O)OC(COc1cccc(C)c1)COc1c2ccccc2c(OCC(COc2cccc(C)c2)OC(=O)CCC)c2cc(Br)ccc12. The molecule has 2 atom stereocenters. The fourth-order valence-corrected chi connectivity index (χ4v) is 6.02. The monoisotopic (exact) mass is 756 g/mol. The highest BCUT2D eigenvalue weighted by Crippen LogP contribution is 2.44. The van der Waals surface area contributed by atoms with Gasteiger partial charge < -0.3 is 28.4 Å². The Morgan fingerprint density at radius 1 is 0.549 bits per heavy atom. The highest BCUT2D eigenvalue weighted by molar-refractivity contribution is 9.10. The summed E-state index contributed by atoms with van der Waals surface area (Å²) in [5.41, 5.74) is 2.14. The Morgan fingerprint density at radius 3 is 1.47 bits per heavy atom. The maximum absolute atomic E-state index is 12.6. The summed E-state index contributed by atoms with van der Waals surface area (Å²) in [4.78, 5) is 25.2. The summed E-state index contributed by atoms with van der Waals surface area (Å²) in [6.07, 6.45) is 0.638. The van der Waals surface area contributed by atoms with Gasteiger partial charge in [-0.1, -0.05) is 78.3 Å². The fraction of sp³-hybridized carbons (Fsp3) is 0.333. The molecule has 268 valence electrons. The van der Waals surface area contributed by atoms with Gasteiger partial charge in [0.1, 0.15) is 49.4 Å². The van der Waals surface area contributed by atoms with Crippen LogP contribution in [0.3, 0.4) is 0 Å². The van der Waals surface area contributed by atoms with Crippen LogP contribution in [0.4, 0.5) is 0 Å². The van der Waals surface area contributed by atoms with Gasteiger partial charge in [0.15, 0.2) is 12.2 Å².